The number of piperidine rings is 2. The second-order valence-corrected chi connectivity index (χ2v) is 8.55. The molecule has 4 heterocycles. The van der Waals surface area contributed by atoms with Crippen LogP contribution in [0.4, 0.5) is 4.39 Å². The van der Waals surface area contributed by atoms with Crippen LogP contribution >= 0.6 is 0 Å². The standard InChI is InChI=1S/C21H26FN5O3/c1-24-20-14(13-11-25(12-13)16-8-9-23-10-15(16)22)4-2-5-17(20)26(21(24)30)27-18(28)6-3-7-19(27)29/h2,4-5,13,15-16,23H,3,6-12H2,1H3/t15-,16-/m0/s1. The van der Waals surface area contributed by atoms with E-state index in [2.05, 4.69) is 10.2 Å². The number of benzene rings is 1. The van der Waals surface area contributed by atoms with Gasteiger partial charge < -0.3 is 5.32 Å². The number of fused-ring (bicyclic) bond motifs is 1. The molecule has 5 rings (SSSR count). The molecule has 30 heavy (non-hydrogen) atoms. The molecule has 1 aromatic carbocycles. The van der Waals surface area contributed by atoms with E-state index >= 15 is 0 Å². The number of amides is 2. The summed E-state index contributed by atoms with van der Waals surface area (Å²) in [7, 11) is 1.67. The zero-order valence-electron chi connectivity index (χ0n) is 17.0. The normalized spacial score (nSPS) is 26.4. The monoisotopic (exact) mass is 415 g/mol. The number of nitrogens with zero attached hydrogens (tertiary/aromatic N) is 4. The first-order valence-electron chi connectivity index (χ1n) is 10.6. The molecule has 160 valence electrons. The molecule has 3 fully saturated rings. The largest absolute Gasteiger partial charge is 0.348 e. The quantitative estimate of drug-likeness (QED) is 0.744. The lowest BCUT2D eigenvalue weighted by molar-refractivity contribution is -0.131. The van der Waals surface area contributed by atoms with Crippen molar-refractivity contribution in [1.29, 1.82) is 0 Å². The third-order valence-electron chi connectivity index (χ3n) is 6.72. The molecule has 0 saturated carbocycles. The minimum atomic E-state index is -0.864. The number of hydrogen-bond acceptors (Lipinski definition) is 5. The molecule has 1 aromatic heterocycles. The molecule has 9 heteroatoms. The van der Waals surface area contributed by atoms with Crippen LogP contribution in [0.1, 0.15) is 37.2 Å². The molecule has 2 atom stereocenters. The lowest BCUT2D eigenvalue weighted by atomic mass is 9.87. The average Bonchev–Trinajstić information content (AvgIpc) is 2.94. The molecule has 3 aliphatic rings. The Morgan fingerprint density at radius 2 is 1.83 bits per heavy atom. The molecule has 8 nitrogen and oxygen atoms in total. The fraction of sp³-hybridized carbons (Fsp3) is 0.571. The number of para-hydroxylation sites is 1. The maximum atomic E-state index is 14.3. The van der Waals surface area contributed by atoms with Gasteiger partial charge in [-0.25, -0.2) is 9.18 Å². The van der Waals surface area contributed by atoms with Gasteiger partial charge in [0.15, 0.2) is 0 Å². The minimum absolute atomic E-state index is 0.0567. The van der Waals surface area contributed by atoms with Crippen LogP contribution < -0.4 is 16.0 Å². The molecule has 0 bridgehead atoms. The summed E-state index contributed by atoms with van der Waals surface area (Å²) in [4.78, 5) is 40.1. The fourth-order valence-electron chi connectivity index (χ4n) is 5.11. The van der Waals surface area contributed by atoms with Crippen LogP contribution in [-0.4, -0.2) is 64.4 Å². The first-order valence-corrected chi connectivity index (χ1v) is 10.6. The summed E-state index contributed by atoms with van der Waals surface area (Å²) >= 11 is 0. The number of carbonyl (C=O) groups is 2. The highest BCUT2D eigenvalue weighted by atomic mass is 19.1. The van der Waals surface area contributed by atoms with Gasteiger partial charge >= 0.3 is 5.69 Å². The summed E-state index contributed by atoms with van der Waals surface area (Å²) in [5.41, 5.74) is 1.90. The van der Waals surface area contributed by atoms with Crippen molar-refractivity contribution in [2.24, 2.45) is 7.05 Å². The number of carbonyl (C=O) groups excluding carboxylic acids is 2. The van der Waals surface area contributed by atoms with Gasteiger partial charge in [0, 0.05) is 51.5 Å². The van der Waals surface area contributed by atoms with E-state index in [1.807, 2.05) is 12.1 Å². The van der Waals surface area contributed by atoms with E-state index in [0.29, 0.717) is 18.5 Å². The summed E-state index contributed by atoms with van der Waals surface area (Å²) in [6, 6.07) is 5.57. The molecule has 2 amide bonds. The molecule has 1 N–H and O–H groups in total. The third kappa shape index (κ3) is 2.91. The van der Waals surface area contributed by atoms with Crippen molar-refractivity contribution in [3.63, 3.8) is 0 Å². The Bertz CT molecular complexity index is 1050. The zero-order valence-corrected chi connectivity index (χ0v) is 17.0. The van der Waals surface area contributed by atoms with Gasteiger partial charge in [0.1, 0.15) is 6.17 Å². The Morgan fingerprint density at radius 3 is 2.53 bits per heavy atom. The third-order valence-corrected chi connectivity index (χ3v) is 6.72. The number of hydrogen-bond donors (Lipinski definition) is 1. The van der Waals surface area contributed by atoms with Crippen molar-refractivity contribution in [2.45, 2.75) is 43.8 Å². The van der Waals surface area contributed by atoms with Crippen LogP contribution in [0, 0.1) is 0 Å². The first kappa shape index (κ1) is 19.4. The number of aromatic nitrogens is 2. The van der Waals surface area contributed by atoms with Gasteiger partial charge in [0.25, 0.3) is 0 Å². The van der Waals surface area contributed by atoms with Crippen molar-refractivity contribution < 1.29 is 14.0 Å². The number of imidazole rings is 1. The van der Waals surface area contributed by atoms with E-state index < -0.39 is 11.9 Å². The summed E-state index contributed by atoms with van der Waals surface area (Å²) in [5, 5.41) is 4.09. The van der Waals surface area contributed by atoms with Gasteiger partial charge in [-0.3, -0.25) is 19.1 Å². The van der Waals surface area contributed by atoms with Gasteiger partial charge in [-0.2, -0.15) is 9.69 Å². The molecular weight excluding hydrogens is 389 g/mol. The van der Waals surface area contributed by atoms with E-state index in [4.69, 9.17) is 0 Å². The highest BCUT2D eigenvalue weighted by molar-refractivity contribution is 6.11. The fourth-order valence-corrected chi connectivity index (χ4v) is 5.11. The van der Waals surface area contributed by atoms with Gasteiger partial charge in [-0.15, -0.1) is 0 Å². The molecule has 0 unspecified atom stereocenters. The molecule has 0 spiro atoms. The average molecular weight is 415 g/mol. The summed E-state index contributed by atoms with van der Waals surface area (Å²) in [6.07, 6.45) is 0.964. The molecule has 3 saturated heterocycles. The van der Waals surface area contributed by atoms with Crippen molar-refractivity contribution in [3.05, 3.63) is 34.2 Å². The van der Waals surface area contributed by atoms with E-state index in [1.165, 1.54) is 9.24 Å². The summed E-state index contributed by atoms with van der Waals surface area (Å²) < 4.78 is 17.0. The van der Waals surface area contributed by atoms with E-state index in [9.17, 15) is 18.8 Å². The predicted octanol–water partition coefficient (Wildman–Crippen LogP) is 0.614. The SMILES string of the molecule is Cn1c(=O)n(N2C(=O)CCCC2=O)c2cccc(C3CN([C@H]4CCNC[C@@H]4F)C3)c21. The number of nitrogens with one attached hydrogen (secondary N) is 1. The number of imide groups is 1. The molecular formula is C21H26FN5O3. The van der Waals surface area contributed by atoms with E-state index in [0.717, 1.165) is 42.1 Å². The zero-order chi connectivity index (χ0) is 21.0. The van der Waals surface area contributed by atoms with Crippen molar-refractivity contribution in [3.8, 4) is 0 Å². The number of alkyl halides is 1. The van der Waals surface area contributed by atoms with Gasteiger partial charge in [0.2, 0.25) is 11.8 Å². The molecule has 3 aliphatic heterocycles. The Morgan fingerprint density at radius 1 is 1.10 bits per heavy atom. The topological polar surface area (TPSA) is 79.6 Å². The Hall–Kier alpha value is -2.52. The first-order chi connectivity index (χ1) is 14.5. The maximum absolute atomic E-state index is 14.3. The van der Waals surface area contributed by atoms with Crippen molar-refractivity contribution >= 4 is 22.8 Å². The van der Waals surface area contributed by atoms with Crippen LogP contribution in [0.5, 0.6) is 0 Å². The Kier molecular flexibility index (Phi) is 4.74. The highest BCUT2D eigenvalue weighted by Gasteiger charge is 2.40. The predicted molar refractivity (Wildman–Crippen MR) is 110 cm³/mol. The number of halogens is 1. The smallest absolute Gasteiger partial charge is 0.314 e. The van der Waals surface area contributed by atoms with Crippen molar-refractivity contribution in [2.75, 3.05) is 31.2 Å². The van der Waals surface area contributed by atoms with Crippen molar-refractivity contribution in [1.82, 2.24) is 19.5 Å². The van der Waals surface area contributed by atoms with Crippen LogP contribution in [0.3, 0.4) is 0 Å². The van der Waals surface area contributed by atoms with Gasteiger partial charge in [0.05, 0.1) is 11.0 Å². The van der Waals surface area contributed by atoms with Gasteiger partial charge in [-0.1, -0.05) is 12.1 Å². The molecule has 0 radical (unpaired) electrons. The van der Waals surface area contributed by atoms with Crippen LogP contribution in [0.15, 0.2) is 23.0 Å². The number of rotatable bonds is 3. The van der Waals surface area contributed by atoms with E-state index in [1.54, 1.807) is 13.1 Å². The van der Waals surface area contributed by atoms with Gasteiger partial charge in [-0.05, 0) is 31.0 Å². The number of likely N-dealkylation sites (tertiary alicyclic amines) is 1. The lowest BCUT2D eigenvalue weighted by Crippen LogP contribution is -2.58. The Labute approximate surface area is 173 Å². The second kappa shape index (κ2) is 7.31. The highest BCUT2D eigenvalue weighted by Crippen LogP contribution is 2.35. The summed E-state index contributed by atoms with van der Waals surface area (Å²) in [5.74, 6) is -0.507. The van der Waals surface area contributed by atoms with Crippen LogP contribution in [0.2, 0.25) is 0 Å². The second-order valence-electron chi connectivity index (χ2n) is 8.55. The molecule has 2 aromatic rings. The number of aryl methyl sites for hydroxylation is 1. The van der Waals surface area contributed by atoms with E-state index in [-0.39, 0.29) is 36.6 Å². The van der Waals surface area contributed by atoms with Crippen LogP contribution in [0.25, 0.3) is 11.0 Å². The minimum Gasteiger partial charge on any atom is -0.314 e. The maximum Gasteiger partial charge on any atom is 0.348 e. The lowest BCUT2D eigenvalue weighted by Gasteiger charge is -2.47. The summed E-state index contributed by atoms with van der Waals surface area (Å²) in [6.45, 7) is 2.71. The molecule has 0 aliphatic carbocycles. The van der Waals surface area contributed by atoms with Crippen LogP contribution in [-0.2, 0) is 16.6 Å². The Balaban J connectivity index is 1.49.